The van der Waals surface area contributed by atoms with E-state index in [0.717, 1.165) is 11.5 Å². The van der Waals surface area contributed by atoms with Gasteiger partial charge in [0.1, 0.15) is 5.82 Å². The SMILES string of the molecule is Cc1nnc(SC(C)C(=O)Nc2nccs2)n1-c1ccccc1. The summed E-state index contributed by atoms with van der Waals surface area (Å²) in [5.41, 5.74) is 0.977. The maximum Gasteiger partial charge on any atom is 0.239 e. The number of anilines is 1. The van der Waals surface area contributed by atoms with E-state index in [0.29, 0.717) is 10.3 Å². The average Bonchev–Trinajstić information content (AvgIpc) is 3.18. The predicted molar refractivity (Wildman–Crippen MR) is 92.2 cm³/mol. The highest BCUT2D eigenvalue weighted by Crippen LogP contribution is 2.26. The fraction of sp³-hybridized carbons (Fsp3) is 0.200. The number of nitrogens with zero attached hydrogens (tertiary/aromatic N) is 4. The third-order valence-corrected chi connectivity index (χ3v) is 4.85. The van der Waals surface area contributed by atoms with Crippen LogP contribution in [0.5, 0.6) is 0 Å². The summed E-state index contributed by atoms with van der Waals surface area (Å²) >= 11 is 2.76. The Kier molecular flexibility index (Phi) is 4.73. The molecule has 0 aliphatic carbocycles. The van der Waals surface area contributed by atoms with Crippen molar-refractivity contribution in [3.63, 3.8) is 0 Å². The first-order valence-corrected chi connectivity index (χ1v) is 8.75. The van der Waals surface area contributed by atoms with Gasteiger partial charge < -0.3 is 5.32 Å². The Labute approximate surface area is 142 Å². The number of hydrogen-bond donors (Lipinski definition) is 1. The highest BCUT2D eigenvalue weighted by molar-refractivity contribution is 8.00. The number of nitrogens with one attached hydrogen (secondary N) is 1. The van der Waals surface area contributed by atoms with E-state index >= 15 is 0 Å². The van der Waals surface area contributed by atoms with E-state index in [1.807, 2.05) is 54.1 Å². The van der Waals surface area contributed by atoms with Crippen molar-refractivity contribution < 1.29 is 4.79 Å². The second-order valence-corrected chi connectivity index (χ2v) is 6.99. The van der Waals surface area contributed by atoms with Gasteiger partial charge in [-0.25, -0.2) is 4.98 Å². The molecule has 6 nitrogen and oxygen atoms in total. The van der Waals surface area contributed by atoms with Gasteiger partial charge >= 0.3 is 0 Å². The van der Waals surface area contributed by atoms with Gasteiger partial charge in [-0.1, -0.05) is 30.0 Å². The van der Waals surface area contributed by atoms with Crippen LogP contribution in [0, 0.1) is 6.92 Å². The van der Waals surface area contributed by atoms with Gasteiger partial charge in [0.05, 0.1) is 5.25 Å². The van der Waals surface area contributed by atoms with Crippen molar-refractivity contribution in [3.05, 3.63) is 47.7 Å². The lowest BCUT2D eigenvalue weighted by Crippen LogP contribution is -2.22. The lowest BCUT2D eigenvalue weighted by molar-refractivity contribution is -0.115. The molecule has 3 rings (SSSR count). The maximum atomic E-state index is 12.2. The number of aryl methyl sites for hydroxylation is 1. The number of thioether (sulfide) groups is 1. The first-order chi connectivity index (χ1) is 11.1. The minimum atomic E-state index is -0.315. The van der Waals surface area contributed by atoms with Gasteiger partial charge in [0, 0.05) is 17.3 Å². The fourth-order valence-corrected chi connectivity index (χ4v) is 3.44. The molecule has 1 unspecified atom stereocenters. The van der Waals surface area contributed by atoms with Crippen LogP contribution in [0.25, 0.3) is 5.69 Å². The quantitative estimate of drug-likeness (QED) is 0.719. The Morgan fingerprint density at radius 3 is 2.78 bits per heavy atom. The van der Waals surface area contributed by atoms with Crippen LogP contribution in [0.4, 0.5) is 5.13 Å². The molecule has 0 saturated heterocycles. The van der Waals surface area contributed by atoms with Crippen molar-refractivity contribution in [2.24, 2.45) is 0 Å². The molecule has 0 saturated carbocycles. The molecule has 1 amide bonds. The summed E-state index contributed by atoms with van der Waals surface area (Å²) in [6.07, 6.45) is 1.66. The zero-order chi connectivity index (χ0) is 16.2. The number of carbonyl (C=O) groups is 1. The third-order valence-electron chi connectivity index (χ3n) is 3.12. The highest BCUT2D eigenvalue weighted by atomic mass is 32.2. The summed E-state index contributed by atoms with van der Waals surface area (Å²) in [4.78, 5) is 16.3. The zero-order valence-electron chi connectivity index (χ0n) is 12.6. The van der Waals surface area contributed by atoms with Gasteiger partial charge in [-0.3, -0.25) is 9.36 Å². The number of aromatic nitrogens is 4. The summed E-state index contributed by atoms with van der Waals surface area (Å²) < 4.78 is 1.94. The van der Waals surface area contributed by atoms with Crippen LogP contribution in [0.15, 0.2) is 47.1 Å². The topological polar surface area (TPSA) is 72.7 Å². The Balaban J connectivity index is 1.77. The summed E-state index contributed by atoms with van der Waals surface area (Å²) in [5, 5.41) is 13.9. The van der Waals surface area contributed by atoms with Crippen molar-refractivity contribution in [3.8, 4) is 5.69 Å². The molecule has 0 aliphatic heterocycles. The minimum absolute atomic E-state index is 0.106. The number of amides is 1. The predicted octanol–water partition coefficient (Wildman–Crippen LogP) is 3.15. The van der Waals surface area contributed by atoms with Crippen molar-refractivity contribution in [2.45, 2.75) is 24.3 Å². The van der Waals surface area contributed by atoms with Gasteiger partial charge in [0.25, 0.3) is 0 Å². The van der Waals surface area contributed by atoms with Crippen LogP contribution in [0.2, 0.25) is 0 Å². The molecule has 118 valence electrons. The van der Waals surface area contributed by atoms with Gasteiger partial charge in [-0.05, 0) is 26.0 Å². The van der Waals surface area contributed by atoms with Gasteiger partial charge in [0.15, 0.2) is 10.3 Å². The Morgan fingerprint density at radius 1 is 1.30 bits per heavy atom. The zero-order valence-corrected chi connectivity index (χ0v) is 14.3. The summed E-state index contributed by atoms with van der Waals surface area (Å²) in [6, 6.07) is 9.85. The average molecular weight is 345 g/mol. The fourth-order valence-electron chi connectivity index (χ4n) is 2.00. The van der Waals surface area contributed by atoms with Crippen molar-refractivity contribution in [2.75, 3.05) is 5.32 Å². The second kappa shape index (κ2) is 6.93. The first kappa shape index (κ1) is 15.7. The minimum Gasteiger partial charge on any atom is -0.301 e. The van der Waals surface area contributed by atoms with Crippen molar-refractivity contribution >= 4 is 34.1 Å². The molecule has 0 bridgehead atoms. The van der Waals surface area contributed by atoms with Gasteiger partial charge in [-0.2, -0.15) is 0 Å². The molecule has 1 N–H and O–H groups in total. The normalized spacial score (nSPS) is 12.1. The molecule has 3 aromatic rings. The number of benzene rings is 1. The third kappa shape index (κ3) is 3.59. The summed E-state index contributed by atoms with van der Waals surface area (Å²) in [6.45, 7) is 3.73. The van der Waals surface area contributed by atoms with Gasteiger partial charge in [-0.15, -0.1) is 21.5 Å². The second-order valence-electron chi connectivity index (χ2n) is 4.79. The maximum absolute atomic E-state index is 12.2. The van der Waals surface area contributed by atoms with E-state index in [-0.39, 0.29) is 11.2 Å². The molecule has 1 atom stereocenters. The molecular weight excluding hydrogens is 330 g/mol. The number of carbonyl (C=O) groups excluding carboxylic acids is 1. The summed E-state index contributed by atoms with van der Waals surface area (Å²) in [7, 11) is 0. The molecular formula is C15H15N5OS2. The Morgan fingerprint density at radius 2 is 2.09 bits per heavy atom. The van der Waals surface area contributed by atoms with Gasteiger partial charge in [0.2, 0.25) is 5.91 Å². The number of thiazole rings is 1. The van der Waals surface area contributed by atoms with E-state index in [2.05, 4.69) is 20.5 Å². The van der Waals surface area contributed by atoms with Crippen LogP contribution in [0.3, 0.4) is 0 Å². The molecule has 8 heteroatoms. The molecule has 0 aliphatic rings. The van der Waals surface area contributed by atoms with Crippen LogP contribution in [-0.4, -0.2) is 30.9 Å². The van der Waals surface area contributed by atoms with Crippen LogP contribution >= 0.6 is 23.1 Å². The Bertz CT molecular complexity index is 786. The van der Waals surface area contributed by atoms with Crippen molar-refractivity contribution in [1.82, 2.24) is 19.7 Å². The highest BCUT2D eigenvalue weighted by Gasteiger charge is 2.20. The van der Waals surface area contributed by atoms with E-state index in [1.165, 1.54) is 23.1 Å². The number of rotatable bonds is 5. The first-order valence-electron chi connectivity index (χ1n) is 6.99. The molecule has 2 heterocycles. The molecule has 1 aromatic carbocycles. The largest absolute Gasteiger partial charge is 0.301 e. The van der Waals surface area contributed by atoms with Crippen LogP contribution in [-0.2, 0) is 4.79 Å². The standard InChI is InChI=1S/C15H15N5OS2/c1-10(13(21)17-14-16-8-9-22-14)23-15-19-18-11(2)20(15)12-6-4-3-5-7-12/h3-10H,1-2H3,(H,16,17,21). The van der Waals surface area contributed by atoms with E-state index in [9.17, 15) is 4.79 Å². The summed E-state index contributed by atoms with van der Waals surface area (Å²) in [5.74, 6) is 0.677. The smallest absolute Gasteiger partial charge is 0.239 e. The van der Waals surface area contributed by atoms with E-state index < -0.39 is 0 Å². The molecule has 23 heavy (non-hydrogen) atoms. The van der Waals surface area contributed by atoms with Crippen molar-refractivity contribution in [1.29, 1.82) is 0 Å². The number of para-hydroxylation sites is 1. The van der Waals surface area contributed by atoms with Crippen LogP contribution in [0.1, 0.15) is 12.7 Å². The van der Waals surface area contributed by atoms with E-state index in [4.69, 9.17) is 0 Å². The van der Waals surface area contributed by atoms with Crippen LogP contribution < -0.4 is 5.32 Å². The molecule has 0 spiro atoms. The number of hydrogen-bond acceptors (Lipinski definition) is 6. The lowest BCUT2D eigenvalue weighted by Gasteiger charge is -2.12. The molecule has 0 fully saturated rings. The Hall–Kier alpha value is -2.19. The molecule has 0 radical (unpaired) electrons. The lowest BCUT2D eigenvalue weighted by atomic mass is 10.3. The monoisotopic (exact) mass is 345 g/mol. The molecule has 2 aromatic heterocycles. The van der Waals surface area contributed by atoms with E-state index in [1.54, 1.807) is 6.20 Å².